The highest BCUT2D eigenvalue weighted by Gasteiger charge is 2.44. The van der Waals surface area contributed by atoms with Crippen molar-refractivity contribution in [2.45, 2.75) is 256 Å². The van der Waals surface area contributed by atoms with E-state index >= 15 is 0 Å². The number of hydrogen-bond acceptors (Lipinski definition) is 9. The summed E-state index contributed by atoms with van der Waals surface area (Å²) < 4.78 is 22.9. The van der Waals surface area contributed by atoms with Crippen molar-refractivity contribution in [2.24, 2.45) is 0 Å². The highest BCUT2D eigenvalue weighted by Crippen LogP contribution is 2.23. The van der Waals surface area contributed by atoms with Crippen molar-refractivity contribution in [3.63, 3.8) is 0 Å². The van der Waals surface area contributed by atoms with Crippen LogP contribution in [0.3, 0.4) is 0 Å². The summed E-state index contributed by atoms with van der Waals surface area (Å²) in [7, 11) is 0. The summed E-state index contributed by atoms with van der Waals surface area (Å²) in [6, 6.07) is 0. The van der Waals surface area contributed by atoms with Crippen molar-refractivity contribution in [3.8, 4) is 0 Å². The Morgan fingerprint density at radius 1 is 0.532 bits per heavy atom. The summed E-state index contributed by atoms with van der Waals surface area (Å²) in [4.78, 5) is 12.8. The number of unbranched alkanes of at least 4 members (excludes halogenated alkanes) is 25. The molecule has 0 radical (unpaired) electrons. The van der Waals surface area contributed by atoms with Crippen molar-refractivity contribution < 1.29 is 44.2 Å². The van der Waals surface area contributed by atoms with Crippen molar-refractivity contribution in [1.82, 2.24) is 0 Å². The smallest absolute Gasteiger partial charge is 0.306 e. The van der Waals surface area contributed by atoms with E-state index in [1.807, 2.05) is 0 Å². The second kappa shape index (κ2) is 44.4. The molecule has 0 aromatic carbocycles. The molecule has 1 aliphatic heterocycles. The van der Waals surface area contributed by atoms with Crippen LogP contribution in [-0.4, -0.2) is 89.6 Å². The first kappa shape index (κ1) is 58.2. The predicted molar refractivity (Wildman–Crippen MR) is 256 cm³/mol. The topological polar surface area (TPSA) is 135 Å². The molecule has 1 saturated heterocycles. The van der Waals surface area contributed by atoms with Crippen LogP contribution in [0.4, 0.5) is 0 Å². The highest BCUT2D eigenvalue weighted by atomic mass is 16.7. The molecule has 1 aliphatic rings. The van der Waals surface area contributed by atoms with E-state index in [1.54, 1.807) is 0 Å². The fraction of sp³-hybridized carbons (Fsp3) is 0.830. The van der Waals surface area contributed by atoms with Gasteiger partial charge < -0.3 is 39.4 Å². The molecule has 1 fully saturated rings. The van der Waals surface area contributed by atoms with E-state index in [0.29, 0.717) is 13.0 Å². The number of allylic oxidation sites excluding steroid dienone is 8. The van der Waals surface area contributed by atoms with Gasteiger partial charge in [-0.15, -0.1) is 0 Å². The Labute approximate surface area is 380 Å². The number of ether oxygens (including phenoxy) is 4. The number of carbonyl (C=O) groups is 1. The number of aliphatic hydroxyl groups excluding tert-OH is 4. The fourth-order valence-corrected chi connectivity index (χ4v) is 7.74. The molecule has 0 spiro atoms. The highest BCUT2D eigenvalue weighted by molar-refractivity contribution is 5.69. The van der Waals surface area contributed by atoms with Crippen molar-refractivity contribution in [3.05, 3.63) is 48.6 Å². The molecular weight excluding hydrogens is 781 g/mol. The van der Waals surface area contributed by atoms with Gasteiger partial charge in [-0.25, -0.2) is 0 Å². The van der Waals surface area contributed by atoms with Crippen LogP contribution in [0.1, 0.15) is 219 Å². The monoisotopic (exact) mass is 877 g/mol. The molecule has 0 saturated carbocycles. The summed E-state index contributed by atoms with van der Waals surface area (Å²) in [5.74, 6) is -0.318. The van der Waals surface area contributed by atoms with Gasteiger partial charge in [0.25, 0.3) is 0 Å². The maximum absolute atomic E-state index is 12.8. The van der Waals surface area contributed by atoms with Crippen molar-refractivity contribution in [2.75, 3.05) is 26.4 Å². The van der Waals surface area contributed by atoms with E-state index in [0.717, 1.165) is 64.2 Å². The molecule has 0 aliphatic carbocycles. The van der Waals surface area contributed by atoms with E-state index in [1.165, 1.54) is 135 Å². The normalized spacial score (nSPS) is 20.1. The van der Waals surface area contributed by atoms with Crippen molar-refractivity contribution in [1.29, 1.82) is 0 Å². The number of carbonyl (C=O) groups excluding carboxylic acids is 1. The van der Waals surface area contributed by atoms with Crippen LogP contribution in [0.25, 0.3) is 0 Å². The number of hydrogen-bond donors (Lipinski definition) is 4. The Morgan fingerprint density at radius 3 is 1.50 bits per heavy atom. The summed E-state index contributed by atoms with van der Waals surface area (Å²) >= 11 is 0. The van der Waals surface area contributed by atoms with Gasteiger partial charge in [0, 0.05) is 13.0 Å². The molecule has 9 heteroatoms. The lowest BCUT2D eigenvalue weighted by molar-refractivity contribution is -0.305. The first-order valence-electron chi connectivity index (χ1n) is 25.7. The molecule has 362 valence electrons. The number of esters is 1. The molecular formula is C53H96O9. The van der Waals surface area contributed by atoms with Crippen LogP contribution in [0, 0.1) is 0 Å². The molecule has 4 N–H and O–H groups in total. The van der Waals surface area contributed by atoms with Crippen LogP contribution in [0.2, 0.25) is 0 Å². The lowest BCUT2D eigenvalue weighted by Crippen LogP contribution is -2.59. The van der Waals surface area contributed by atoms with Crippen LogP contribution in [0.5, 0.6) is 0 Å². The first-order chi connectivity index (χ1) is 30.4. The minimum absolute atomic E-state index is 0.119. The van der Waals surface area contributed by atoms with Gasteiger partial charge in [-0.2, -0.15) is 0 Å². The Morgan fingerprint density at radius 2 is 0.984 bits per heavy atom. The minimum atomic E-state index is -1.54. The molecule has 6 atom stereocenters. The van der Waals surface area contributed by atoms with Crippen LogP contribution in [0.15, 0.2) is 48.6 Å². The van der Waals surface area contributed by atoms with Crippen LogP contribution < -0.4 is 0 Å². The van der Waals surface area contributed by atoms with Crippen molar-refractivity contribution >= 4 is 5.97 Å². The van der Waals surface area contributed by atoms with Gasteiger partial charge in [0.1, 0.15) is 30.5 Å². The fourth-order valence-electron chi connectivity index (χ4n) is 7.74. The molecule has 62 heavy (non-hydrogen) atoms. The van der Waals surface area contributed by atoms with Gasteiger partial charge in [-0.3, -0.25) is 4.79 Å². The van der Waals surface area contributed by atoms with E-state index in [2.05, 4.69) is 62.5 Å². The molecule has 0 aromatic rings. The van der Waals surface area contributed by atoms with E-state index < -0.39 is 43.4 Å². The van der Waals surface area contributed by atoms with Gasteiger partial charge >= 0.3 is 5.97 Å². The molecule has 1 heterocycles. The molecule has 0 aromatic heterocycles. The third-order valence-electron chi connectivity index (χ3n) is 11.7. The third-order valence-corrected chi connectivity index (χ3v) is 11.7. The summed E-state index contributed by atoms with van der Waals surface area (Å²) in [5.41, 5.74) is 0. The third kappa shape index (κ3) is 34.5. The zero-order valence-electron chi connectivity index (χ0n) is 39.9. The summed E-state index contributed by atoms with van der Waals surface area (Å²) in [5, 5.41) is 40.2. The molecule has 0 amide bonds. The summed E-state index contributed by atoms with van der Waals surface area (Å²) in [6.07, 6.45) is 48.6. The Bertz CT molecular complexity index is 1090. The predicted octanol–water partition coefficient (Wildman–Crippen LogP) is 12.5. The average Bonchev–Trinajstić information content (AvgIpc) is 3.27. The SMILES string of the molecule is CC/C=C\C/C=C\C/C=C\CCCCCCCCOCC(COC1OC(CO)C(O)C(O)C1O)OC(=O)CCCCCCCCCCCCC/C=C\CCCCCCCCCC. The quantitative estimate of drug-likeness (QED) is 0.0268. The average molecular weight is 877 g/mol. The van der Waals surface area contributed by atoms with Gasteiger partial charge in [0.2, 0.25) is 0 Å². The Hall–Kier alpha value is -1.85. The second-order valence-corrected chi connectivity index (χ2v) is 17.6. The Kier molecular flexibility index (Phi) is 41.6. The lowest BCUT2D eigenvalue weighted by atomic mass is 9.99. The Balaban J connectivity index is 2.19. The maximum atomic E-state index is 12.8. The van der Waals surface area contributed by atoms with Gasteiger partial charge in [0.15, 0.2) is 6.29 Å². The second-order valence-electron chi connectivity index (χ2n) is 17.6. The standard InChI is InChI=1S/C53H96O9/c1-3-5-7-9-11-13-15-17-19-21-22-23-24-25-26-27-28-30-32-34-36-38-40-42-49(55)61-47(46-60-53-52(58)51(57)50(56)48(44-54)62-53)45-59-43-41-39-37-35-33-31-29-20-18-16-14-12-10-8-6-4-2/h6,8,12,14,18,20-22,47-48,50-54,56-58H,3-5,7,9-11,13,15-17,19,23-46H2,1-2H3/b8-6-,14-12-,20-18-,22-21-. The lowest BCUT2D eigenvalue weighted by Gasteiger charge is -2.39. The molecule has 9 nitrogen and oxygen atoms in total. The van der Waals surface area contributed by atoms with E-state index in [4.69, 9.17) is 18.9 Å². The zero-order chi connectivity index (χ0) is 45.0. The number of aliphatic hydroxyl groups is 4. The zero-order valence-corrected chi connectivity index (χ0v) is 39.9. The summed E-state index contributed by atoms with van der Waals surface area (Å²) in [6.45, 7) is 4.44. The van der Waals surface area contributed by atoms with Crippen LogP contribution >= 0.6 is 0 Å². The van der Waals surface area contributed by atoms with Gasteiger partial charge in [-0.1, -0.05) is 191 Å². The first-order valence-corrected chi connectivity index (χ1v) is 25.7. The van der Waals surface area contributed by atoms with Gasteiger partial charge in [-0.05, 0) is 70.6 Å². The maximum Gasteiger partial charge on any atom is 0.306 e. The minimum Gasteiger partial charge on any atom is -0.457 e. The largest absolute Gasteiger partial charge is 0.457 e. The molecule has 1 rings (SSSR count). The van der Waals surface area contributed by atoms with E-state index in [9.17, 15) is 25.2 Å². The van der Waals surface area contributed by atoms with Crippen LogP contribution in [-0.2, 0) is 23.7 Å². The molecule has 6 unspecified atom stereocenters. The van der Waals surface area contributed by atoms with E-state index in [-0.39, 0.29) is 19.2 Å². The van der Waals surface area contributed by atoms with Gasteiger partial charge in [0.05, 0.1) is 19.8 Å². The molecule has 0 bridgehead atoms. The number of rotatable bonds is 44.